The highest BCUT2D eigenvalue weighted by Gasteiger charge is 2.19. The maximum absolute atomic E-state index is 12.4. The number of methoxy groups -OCH3 is 1. The SMILES string of the molecule is CC[C@H](Oc1ccc(C)cc1)C(=O)Nc1ccccc1OC. The molecule has 0 aliphatic heterocycles. The Morgan fingerprint density at radius 1 is 1.14 bits per heavy atom. The van der Waals surface area contributed by atoms with Gasteiger partial charge in [-0.3, -0.25) is 4.79 Å². The van der Waals surface area contributed by atoms with Crippen LogP contribution >= 0.6 is 0 Å². The average Bonchev–Trinajstić information content (AvgIpc) is 2.54. The van der Waals surface area contributed by atoms with Crippen molar-refractivity contribution in [3.63, 3.8) is 0 Å². The van der Waals surface area contributed by atoms with Crippen molar-refractivity contribution < 1.29 is 14.3 Å². The van der Waals surface area contributed by atoms with Crippen LogP contribution in [0.25, 0.3) is 0 Å². The molecule has 0 bridgehead atoms. The summed E-state index contributed by atoms with van der Waals surface area (Å²) in [6.45, 7) is 3.93. The first-order chi connectivity index (χ1) is 10.6. The number of carbonyl (C=O) groups excluding carboxylic acids is 1. The summed E-state index contributed by atoms with van der Waals surface area (Å²) < 4.78 is 11.0. The zero-order valence-corrected chi connectivity index (χ0v) is 13.1. The van der Waals surface area contributed by atoms with Crippen molar-refractivity contribution in [3.8, 4) is 11.5 Å². The summed E-state index contributed by atoms with van der Waals surface area (Å²) in [6.07, 6.45) is 0.0297. The van der Waals surface area contributed by atoms with Crippen LogP contribution in [0, 0.1) is 6.92 Å². The van der Waals surface area contributed by atoms with Gasteiger partial charge in [-0.15, -0.1) is 0 Å². The van der Waals surface area contributed by atoms with E-state index in [4.69, 9.17) is 9.47 Å². The summed E-state index contributed by atoms with van der Waals surface area (Å²) in [5.41, 5.74) is 1.79. The van der Waals surface area contributed by atoms with Crippen molar-refractivity contribution >= 4 is 11.6 Å². The van der Waals surface area contributed by atoms with Gasteiger partial charge >= 0.3 is 0 Å². The van der Waals surface area contributed by atoms with E-state index < -0.39 is 6.10 Å². The summed E-state index contributed by atoms with van der Waals surface area (Å²) in [6, 6.07) is 15.0. The fourth-order valence-electron chi connectivity index (χ4n) is 2.06. The minimum absolute atomic E-state index is 0.187. The molecule has 0 aliphatic carbocycles. The lowest BCUT2D eigenvalue weighted by Crippen LogP contribution is -2.32. The number of anilines is 1. The summed E-state index contributed by atoms with van der Waals surface area (Å²) in [7, 11) is 1.57. The molecule has 4 nitrogen and oxygen atoms in total. The van der Waals surface area contributed by atoms with E-state index in [1.54, 1.807) is 19.2 Å². The van der Waals surface area contributed by atoms with Crippen LogP contribution in [0.2, 0.25) is 0 Å². The summed E-state index contributed by atoms with van der Waals surface area (Å²) >= 11 is 0. The standard InChI is InChI=1S/C18H21NO3/c1-4-16(22-14-11-9-13(2)10-12-14)18(20)19-15-7-5-6-8-17(15)21-3/h5-12,16H,4H2,1-3H3,(H,19,20)/t16-/m0/s1. The molecular formula is C18H21NO3. The number of carbonyl (C=O) groups is 1. The lowest BCUT2D eigenvalue weighted by molar-refractivity contribution is -0.122. The van der Waals surface area contributed by atoms with E-state index in [9.17, 15) is 4.79 Å². The molecule has 2 aromatic rings. The van der Waals surface area contributed by atoms with Gasteiger partial charge in [0.2, 0.25) is 0 Å². The Kier molecular flexibility index (Phi) is 5.42. The van der Waals surface area contributed by atoms with E-state index in [1.165, 1.54) is 0 Å². The van der Waals surface area contributed by atoms with E-state index in [-0.39, 0.29) is 5.91 Å². The Morgan fingerprint density at radius 3 is 2.45 bits per heavy atom. The number of rotatable bonds is 6. The first-order valence-electron chi connectivity index (χ1n) is 7.31. The Labute approximate surface area is 131 Å². The van der Waals surface area contributed by atoms with Crippen LogP contribution in [0.5, 0.6) is 11.5 Å². The first-order valence-corrected chi connectivity index (χ1v) is 7.31. The number of ether oxygens (including phenoxy) is 2. The molecule has 0 spiro atoms. The Bertz CT molecular complexity index is 622. The Hall–Kier alpha value is -2.49. The van der Waals surface area contributed by atoms with Gasteiger partial charge in [-0.25, -0.2) is 0 Å². The maximum Gasteiger partial charge on any atom is 0.265 e. The molecule has 0 saturated heterocycles. The average molecular weight is 299 g/mol. The molecule has 1 amide bonds. The number of hydrogen-bond donors (Lipinski definition) is 1. The summed E-state index contributed by atoms with van der Waals surface area (Å²) in [5.74, 6) is 1.13. The molecule has 0 saturated carbocycles. The molecule has 0 heterocycles. The number of aryl methyl sites for hydroxylation is 1. The van der Waals surface area contributed by atoms with Gasteiger partial charge in [-0.2, -0.15) is 0 Å². The fraction of sp³-hybridized carbons (Fsp3) is 0.278. The van der Waals surface area contributed by atoms with Crippen molar-refractivity contribution in [1.82, 2.24) is 0 Å². The second-order valence-corrected chi connectivity index (χ2v) is 5.02. The predicted molar refractivity (Wildman–Crippen MR) is 87.5 cm³/mol. The fourth-order valence-corrected chi connectivity index (χ4v) is 2.06. The molecule has 0 aromatic heterocycles. The first kappa shape index (κ1) is 15.9. The van der Waals surface area contributed by atoms with Crippen LogP contribution in [0.15, 0.2) is 48.5 Å². The minimum Gasteiger partial charge on any atom is -0.495 e. The molecule has 0 aliphatic rings. The minimum atomic E-state index is -0.549. The van der Waals surface area contributed by atoms with Gasteiger partial charge in [-0.05, 0) is 37.6 Å². The van der Waals surface area contributed by atoms with Crippen molar-refractivity contribution in [1.29, 1.82) is 0 Å². The topological polar surface area (TPSA) is 47.6 Å². The lowest BCUT2D eigenvalue weighted by Gasteiger charge is -2.18. The molecule has 1 N–H and O–H groups in total. The van der Waals surface area contributed by atoms with Crippen LogP contribution in [-0.2, 0) is 4.79 Å². The molecule has 2 rings (SSSR count). The number of nitrogens with one attached hydrogen (secondary N) is 1. The number of benzene rings is 2. The monoisotopic (exact) mass is 299 g/mol. The lowest BCUT2D eigenvalue weighted by atomic mass is 10.2. The predicted octanol–water partition coefficient (Wildman–Crippen LogP) is 3.80. The molecular weight excluding hydrogens is 278 g/mol. The normalized spacial score (nSPS) is 11.6. The van der Waals surface area contributed by atoms with Crippen molar-refractivity contribution in [2.45, 2.75) is 26.4 Å². The molecule has 0 fully saturated rings. The summed E-state index contributed by atoms with van der Waals surface area (Å²) in [4.78, 5) is 12.4. The van der Waals surface area contributed by atoms with Crippen molar-refractivity contribution in [2.24, 2.45) is 0 Å². The quantitative estimate of drug-likeness (QED) is 0.882. The second-order valence-electron chi connectivity index (χ2n) is 5.02. The third-order valence-corrected chi connectivity index (χ3v) is 3.33. The highest BCUT2D eigenvalue weighted by Crippen LogP contribution is 2.24. The number of para-hydroxylation sites is 2. The van der Waals surface area contributed by atoms with Crippen LogP contribution < -0.4 is 14.8 Å². The van der Waals surface area contributed by atoms with Gasteiger partial charge in [-0.1, -0.05) is 36.8 Å². The van der Waals surface area contributed by atoms with E-state index >= 15 is 0 Å². The molecule has 0 radical (unpaired) electrons. The van der Waals surface area contributed by atoms with Crippen LogP contribution in [0.4, 0.5) is 5.69 Å². The molecule has 2 aromatic carbocycles. The van der Waals surface area contributed by atoms with E-state index in [2.05, 4.69) is 5.32 Å². The molecule has 116 valence electrons. The molecule has 22 heavy (non-hydrogen) atoms. The van der Waals surface area contributed by atoms with Gasteiger partial charge in [0.05, 0.1) is 12.8 Å². The van der Waals surface area contributed by atoms with Gasteiger partial charge in [0, 0.05) is 0 Å². The van der Waals surface area contributed by atoms with E-state index in [1.807, 2.05) is 50.2 Å². The second kappa shape index (κ2) is 7.50. The van der Waals surface area contributed by atoms with Crippen molar-refractivity contribution in [2.75, 3.05) is 12.4 Å². The van der Waals surface area contributed by atoms with Gasteiger partial charge in [0.15, 0.2) is 6.10 Å². The van der Waals surface area contributed by atoms with E-state index in [0.29, 0.717) is 23.6 Å². The Morgan fingerprint density at radius 2 is 1.82 bits per heavy atom. The zero-order chi connectivity index (χ0) is 15.9. The number of amides is 1. The van der Waals surface area contributed by atoms with Gasteiger partial charge in [0.25, 0.3) is 5.91 Å². The third-order valence-electron chi connectivity index (χ3n) is 3.33. The van der Waals surface area contributed by atoms with Crippen LogP contribution in [-0.4, -0.2) is 19.1 Å². The Balaban J connectivity index is 2.07. The largest absolute Gasteiger partial charge is 0.495 e. The van der Waals surface area contributed by atoms with Crippen molar-refractivity contribution in [3.05, 3.63) is 54.1 Å². The molecule has 4 heteroatoms. The number of hydrogen-bond acceptors (Lipinski definition) is 3. The summed E-state index contributed by atoms with van der Waals surface area (Å²) in [5, 5.41) is 2.86. The highest BCUT2D eigenvalue weighted by molar-refractivity contribution is 5.95. The third kappa shape index (κ3) is 4.01. The van der Waals surface area contributed by atoms with Gasteiger partial charge < -0.3 is 14.8 Å². The van der Waals surface area contributed by atoms with Crippen LogP contribution in [0.3, 0.4) is 0 Å². The highest BCUT2D eigenvalue weighted by atomic mass is 16.5. The zero-order valence-electron chi connectivity index (χ0n) is 13.1. The molecule has 0 unspecified atom stereocenters. The van der Waals surface area contributed by atoms with Gasteiger partial charge in [0.1, 0.15) is 11.5 Å². The smallest absolute Gasteiger partial charge is 0.265 e. The molecule has 1 atom stereocenters. The van der Waals surface area contributed by atoms with E-state index in [0.717, 1.165) is 5.56 Å². The maximum atomic E-state index is 12.4. The van der Waals surface area contributed by atoms with Crippen LogP contribution in [0.1, 0.15) is 18.9 Å².